The van der Waals surface area contributed by atoms with Crippen LogP contribution in [0.2, 0.25) is 0 Å². The molecule has 2 N–H and O–H groups in total. The molecule has 17 heavy (non-hydrogen) atoms. The Hall–Kier alpha value is -0.650. The van der Waals surface area contributed by atoms with Crippen LogP contribution in [-0.2, 0) is 11.3 Å². The lowest BCUT2D eigenvalue weighted by molar-refractivity contribution is -0.126. The Balaban J connectivity index is 0.00000144. The number of carbonyl (C=O) groups excluding carboxylic acids is 1. The van der Waals surface area contributed by atoms with E-state index in [1.54, 1.807) is 12.1 Å². The molecule has 3 nitrogen and oxygen atoms in total. The lowest BCUT2D eigenvalue weighted by Crippen LogP contribution is -2.50. The largest absolute Gasteiger partial charge is 0.352 e. The zero-order valence-corrected chi connectivity index (χ0v) is 11.4. The molecule has 1 amide bonds. The van der Waals surface area contributed by atoms with Gasteiger partial charge in [-0.1, -0.05) is 6.07 Å². The highest BCUT2D eigenvalue weighted by atomic mass is 79.9. The third-order valence-corrected chi connectivity index (χ3v) is 3.25. The standard InChI is InChI=1S/C11H12BrFN2O.ClH/c12-9-2-1-7(3-10(9)13)4-15-11(16)8-5-14-6-8;/h1-3,8,14H,4-6H2,(H,15,16);1H. The average molecular weight is 324 g/mol. The molecule has 1 aromatic carbocycles. The monoisotopic (exact) mass is 322 g/mol. The Kier molecular flexibility index (Phi) is 5.36. The summed E-state index contributed by atoms with van der Waals surface area (Å²) in [6, 6.07) is 4.84. The van der Waals surface area contributed by atoms with Crippen molar-refractivity contribution in [2.45, 2.75) is 6.54 Å². The van der Waals surface area contributed by atoms with Crippen molar-refractivity contribution in [1.29, 1.82) is 0 Å². The van der Waals surface area contributed by atoms with Crippen LogP contribution in [0, 0.1) is 11.7 Å². The summed E-state index contributed by atoms with van der Waals surface area (Å²) in [5.41, 5.74) is 0.765. The topological polar surface area (TPSA) is 41.1 Å². The maximum atomic E-state index is 13.2. The number of nitrogens with one attached hydrogen (secondary N) is 2. The summed E-state index contributed by atoms with van der Waals surface area (Å²) >= 11 is 3.08. The quantitative estimate of drug-likeness (QED) is 0.891. The molecule has 1 saturated heterocycles. The molecular formula is C11H13BrClFN2O. The van der Waals surface area contributed by atoms with Gasteiger partial charge in [-0.2, -0.15) is 0 Å². The van der Waals surface area contributed by atoms with Gasteiger partial charge in [-0.15, -0.1) is 12.4 Å². The Morgan fingerprint density at radius 2 is 2.24 bits per heavy atom. The van der Waals surface area contributed by atoms with Gasteiger partial charge in [0.05, 0.1) is 10.4 Å². The summed E-state index contributed by atoms with van der Waals surface area (Å²) in [5.74, 6) is -0.209. The minimum Gasteiger partial charge on any atom is -0.352 e. The molecule has 1 fully saturated rings. The van der Waals surface area contributed by atoms with Gasteiger partial charge in [-0.25, -0.2) is 4.39 Å². The summed E-state index contributed by atoms with van der Waals surface area (Å²) in [4.78, 5) is 11.5. The maximum absolute atomic E-state index is 13.2. The summed E-state index contributed by atoms with van der Waals surface area (Å²) < 4.78 is 13.6. The lowest BCUT2D eigenvalue weighted by atomic mass is 10.0. The van der Waals surface area contributed by atoms with Crippen molar-refractivity contribution in [3.05, 3.63) is 34.1 Å². The van der Waals surface area contributed by atoms with Crippen LogP contribution in [0.4, 0.5) is 4.39 Å². The molecule has 1 aliphatic rings. The van der Waals surface area contributed by atoms with Gasteiger partial charge < -0.3 is 10.6 Å². The van der Waals surface area contributed by atoms with Crippen molar-refractivity contribution in [2.24, 2.45) is 5.92 Å². The fourth-order valence-corrected chi connectivity index (χ4v) is 1.70. The Bertz CT molecular complexity index is 412. The smallest absolute Gasteiger partial charge is 0.225 e. The van der Waals surface area contributed by atoms with Crippen LogP contribution < -0.4 is 10.6 Å². The van der Waals surface area contributed by atoms with Gasteiger partial charge in [0.2, 0.25) is 5.91 Å². The van der Waals surface area contributed by atoms with Crippen LogP contribution in [-0.4, -0.2) is 19.0 Å². The van der Waals surface area contributed by atoms with Crippen LogP contribution in [0.3, 0.4) is 0 Å². The fraction of sp³-hybridized carbons (Fsp3) is 0.364. The maximum Gasteiger partial charge on any atom is 0.225 e. The number of amides is 1. The molecule has 2 rings (SSSR count). The molecule has 0 atom stereocenters. The van der Waals surface area contributed by atoms with Crippen LogP contribution in [0.25, 0.3) is 0 Å². The zero-order valence-electron chi connectivity index (χ0n) is 9.00. The van der Waals surface area contributed by atoms with Gasteiger partial charge in [0.1, 0.15) is 5.82 Å². The Labute approximate surface area is 114 Å². The lowest BCUT2D eigenvalue weighted by Gasteiger charge is -2.25. The highest BCUT2D eigenvalue weighted by Gasteiger charge is 2.24. The van der Waals surface area contributed by atoms with Crippen LogP contribution >= 0.6 is 28.3 Å². The van der Waals surface area contributed by atoms with Crippen molar-refractivity contribution in [3.8, 4) is 0 Å². The molecule has 1 aromatic rings. The van der Waals surface area contributed by atoms with Crippen molar-refractivity contribution in [1.82, 2.24) is 10.6 Å². The van der Waals surface area contributed by atoms with E-state index in [0.29, 0.717) is 11.0 Å². The first-order valence-corrected chi connectivity index (χ1v) is 5.88. The molecular weight excluding hydrogens is 310 g/mol. The molecule has 0 unspecified atom stereocenters. The summed E-state index contributed by atoms with van der Waals surface area (Å²) in [6.07, 6.45) is 0. The van der Waals surface area contributed by atoms with Gasteiger partial charge in [0.15, 0.2) is 0 Å². The summed E-state index contributed by atoms with van der Waals surface area (Å²) in [6.45, 7) is 1.85. The highest BCUT2D eigenvalue weighted by Crippen LogP contribution is 2.16. The van der Waals surface area contributed by atoms with Crippen LogP contribution in [0.15, 0.2) is 22.7 Å². The Morgan fingerprint density at radius 3 is 2.76 bits per heavy atom. The summed E-state index contributed by atoms with van der Waals surface area (Å²) in [5, 5.41) is 5.82. The molecule has 0 saturated carbocycles. The second-order valence-electron chi connectivity index (χ2n) is 3.82. The van der Waals surface area contributed by atoms with Gasteiger partial charge >= 0.3 is 0 Å². The number of hydrogen-bond donors (Lipinski definition) is 2. The number of benzene rings is 1. The minimum absolute atomic E-state index is 0. The second kappa shape index (κ2) is 6.33. The summed E-state index contributed by atoms with van der Waals surface area (Å²) in [7, 11) is 0. The molecule has 0 aromatic heterocycles. The molecule has 0 spiro atoms. The van der Waals surface area contributed by atoms with Crippen LogP contribution in [0.5, 0.6) is 0 Å². The SMILES string of the molecule is Cl.O=C(NCc1ccc(Br)c(F)c1)C1CNC1. The van der Waals surface area contributed by atoms with Gasteiger partial charge in [0, 0.05) is 19.6 Å². The third-order valence-electron chi connectivity index (χ3n) is 2.60. The van der Waals surface area contributed by atoms with E-state index in [-0.39, 0.29) is 30.0 Å². The van der Waals surface area contributed by atoms with E-state index in [9.17, 15) is 9.18 Å². The first kappa shape index (κ1) is 14.4. The van der Waals surface area contributed by atoms with E-state index in [2.05, 4.69) is 26.6 Å². The number of rotatable bonds is 3. The zero-order chi connectivity index (χ0) is 11.5. The third kappa shape index (κ3) is 3.66. The first-order chi connectivity index (χ1) is 7.66. The number of carbonyl (C=O) groups is 1. The number of hydrogen-bond acceptors (Lipinski definition) is 2. The average Bonchev–Trinajstić information content (AvgIpc) is 2.17. The van der Waals surface area contributed by atoms with E-state index in [1.165, 1.54) is 6.07 Å². The molecule has 0 bridgehead atoms. The van der Waals surface area contributed by atoms with E-state index in [0.717, 1.165) is 18.7 Å². The first-order valence-electron chi connectivity index (χ1n) is 5.09. The molecule has 6 heteroatoms. The Morgan fingerprint density at radius 1 is 1.53 bits per heavy atom. The molecule has 0 aliphatic carbocycles. The van der Waals surface area contributed by atoms with Gasteiger partial charge in [-0.3, -0.25) is 4.79 Å². The van der Waals surface area contributed by atoms with Crippen molar-refractivity contribution in [2.75, 3.05) is 13.1 Å². The van der Waals surface area contributed by atoms with E-state index in [4.69, 9.17) is 0 Å². The normalized spacial score (nSPS) is 14.7. The predicted molar refractivity (Wildman–Crippen MR) is 69.6 cm³/mol. The predicted octanol–water partition coefficient (Wildman–Crippen LogP) is 1.85. The highest BCUT2D eigenvalue weighted by molar-refractivity contribution is 9.10. The molecule has 1 heterocycles. The van der Waals surface area contributed by atoms with E-state index in [1.807, 2.05) is 0 Å². The van der Waals surface area contributed by atoms with Gasteiger partial charge in [-0.05, 0) is 33.6 Å². The molecule has 94 valence electrons. The molecule has 0 radical (unpaired) electrons. The minimum atomic E-state index is -0.308. The van der Waals surface area contributed by atoms with Gasteiger partial charge in [0.25, 0.3) is 0 Å². The van der Waals surface area contributed by atoms with Crippen molar-refractivity contribution >= 4 is 34.2 Å². The van der Waals surface area contributed by atoms with E-state index >= 15 is 0 Å². The number of halogens is 3. The second-order valence-corrected chi connectivity index (χ2v) is 4.68. The van der Waals surface area contributed by atoms with Crippen molar-refractivity contribution < 1.29 is 9.18 Å². The van der Waals surface area contributed by atoms with E-state index < -0.39 is 0 Å². The molecule has 1 aliphatic heterocycles. The van der Waals surface area contributed by atoms with Crippen molar-refractivity contribution in [3.63, 3.8) is 0 Å². The fourth-order valence-electron chi connectivity index (χ4n) is 1.46. The van der Waals surface area contributed by atoms with Crippen LogP contribution in [0.1, 0.15) is 5.56 Å².